The van der Waals surface area contributed by atoms with Crippen LogP contribution in [0.5, 0.6) is 0 Å². The van der Waals surface area contributed by atoms with E-state index in [9.17, 15) is 0 Å². The van der Waals surface area contributed by atoms with Gasteiger partial charge in [-0.05, 0) is 25.8 Å². The summed E-state index contributed by atoms with van der Waals surface area (Å²) >= 11 is 0. The lowest BCUT2D eigenvalue weighted by atomic mass is 10.0. The number of rotatable bonds is 7. The monoisotopic (exact) mass is 211 g/mol. The van der Waals surface area contributed by atoms with Crippen LogP contribution >= 0.6 is 0 Å². The lowest BCUT2D eigenvalue weighted by molar-refractivity contribution is 0.232. The standard InChI is InChI=1S/C12H25N3/c1-5-11(3)9-15(6-2)8-7-12(4,14)10-13/h11H,5-9,14H2,1-4H3. The summed E-state index contributed by atoms with van der Waals surface area (Å²) in [5, 5.41) is 8.81. The number of hydrogen-bond acceptors (Lipinski definition) is 3. The van der Waals surface area contributed by atoms with Crippen molar-refractivity contribution in [1.82, 2.24) is 4.90 Å². The largest absolute Gasteiger partial charge is 0.314 e. The quantitative estimate of drug-likeness (QED) is 0.700. The minimum Gasteiger partial charge on any atom is -0.314 e. The Balaban J connectivity index is 3.96. The molecule has 0 aromatic carbocycles. The van der Waals surface area contributed by atoms with E-state index >= 15 is 0 Å². The second-order valence-electron chi connectivity index (χ2n) is 4.69. The van der Waals surface area contributed by atoms with Crippen molar-refractivity contribution in [2.45, 2.75) is 46.1 Å². The zero-order valence-electron chi connectivity index (χ0n) is 10.6. The van der Waals surface area contributed by atoms with Gasteiger partial charge in [-0.3, -0.25) is 0 Å². The van der Waals surface area contributed by atoms with Crippen molar-refractivity contribution >= 4 is 0 Å². The molecule has 0 aliphatic carbocycles. The van der Waals surface area contributed by atoms with Gasteiger partial charge in [0.15, 0.2) is 0 Å². The third-order valence-electron chi connectivity index (χ3n) is 2.92. The molecule has 0 aromatic heterocycles. The molecule has 3 nitrogen and oxygen atoms in total. The van der Waals surface area contributed by atoms with Crippen LogP contribution in [-0.4, -0.2) is 30.1 Å². The Kier molecular flexibility index (Phi) is 6.55. The Labute approximate surface area is 94.2 Å². The highest BCUT2D eigenvalue weighted by atomic mass is 15.1. The summed E-state index contributed by atoms with van der Waals surface area (Å²) in [6, 6.07) is 2.14. The molecule has 0 rings (SSSR count). The van der Waals surface area contributed by atoms with Crippen molar-refractivity contribution in [3.8, 4) is 6.07 Å². The van der Waals surface area contributed by atoms with Crippen LogP contribution in [0.3, 0.4) is 0 Å². The Morgan fingerprint density at radius 3 is 2.47 bits per heavy atom. The lowest BCUT2D eigenvalue weighted by Crippen LogP contribution is -2.40. The first-order valence-electron chi connectivity index (χ1n) is 5.87. The molecule has 0 amide bonds. The second-order valence-corrected chi connectivity index (χ2v) is 4.69. The molecule has 0 aliphatic heterocycles. The van der Waals surface area contributed by atoms with Gasteiger partial charge in [0.2, 0.25) is 0 Å². The van der Waals surface area contributed by atoms with Crippen LogP contribution in [0.15, 0.2) is 0 Å². The molecule has 0 spiro atoms. The van der Waals surface area contributed by atoms with Gasteiger partial charge in [-0.15, -0.1) is 0 Å². The molecule has 0 radical (unpaired) electrons. The number of nitrogens with zero attached hydrogens (tertiary/aromatic N) is 2. The van der Waals surface area contributed by atoms with Crippen LogP contribution < -0.4 is 5.73 Å². The third kappa shape index (κ3) is 6.48. The molecule has 0 fully saturated rings. The molecule has 3 heteroatoms. The smallest absolute Gasteiger partial charge is 0.102 e. The van der Waals surface area contributed by atoms with Gasteiger partial charge in [-0.25, -0.2) is 0 Å². The Morgan fingerprint density at radius 2 is 2.07 bits per heavy atom. The average Bonchev–Trinajstić information content (AvgIpc) is 2.23. The van der Waals surface area contributed by atoms with Crippen LogP contribution in [0, 0.1) is 17.2 Å². The molecule has 2 atom stereocenters. The minimum atomic E-state index is -0.678. The molecule has 0 heterocycles. The van der Waals surface area contributed by atoms with Gasteiger partial charge in [-0.2, -0.15) is 5.26 Å². The molecule has 2 N–H and O–H groups in total. The van der Waals surface area contributed by atoms with Gasteiger partial charge < -0.3 is 10.6 Å². The molecule has 0 saturated carbocycles. The van der Waals surface area contributed by atoms with E-state index < -0.39 is 5.54 Å². The summed E-state index contributed by atoms with van der Waals surface area (Å²) in [6.07, 6.45) is 1.95. The molecule has 0 aromatic rings. The van der Waals surface area contributed by atoms with Crippen molar-refractivity contribution in [2.24, 2.45) is 11.7 Å². The minimum absolute atomic E-state index is 0.678. The van der Waals surface area contributed by atoms with Crippen molar-refractivity contribution < 1.29 is 0 Å². The van der Waals surface area contributed by atoms with Gasteiger partial charge in [0.25, 0.3) is 0 Å². The zero-order chi connectivity index (χ0) is 11.9. The zero-order valence-corrected chi connectivity index (χ0v) is 10.6. The van der Waals surface area contributed by atoms with Crippen LogP contribution in [0.1, 0.15) is 40.5 Å². The summed E-state index contributed by atoms with van der Waals surface area (Å²) in [6.45, 7) is 11.5. The van der Waals surface area contributed by atoms with E-state index in [1.165, 1.54) is 6.42 Å². The van der Waals surface area contributed by atoms with Crippen LogP contribution in [0.25, 0.3) is 0 Å². The molecule has 2 unspecified atom stereocenters. The molecule has 0 aliphatic rings. The molecule has 88 valence electrons. The number of nitriles is 1. The normalized spacial score (nSPS) is 17.1. The van der Waals surface area contributed by atoms with Gasteiger partial charge in [0.05, 0.1) is 6.07 Å². The molecule has 15 heavy (non-hydrogen) atoms. The van der Waals surface area contributed by atoms with Crippen molar-refractivity contribution in [2.75, 3.05) is 19.6 Å². The lowest BCUT2D eigenvalue weighted by Gasteiger charge is -2.26. The molecular weight excluding hydrogens is 186 g/mol. The summed E-state index contributed by atoms with van der Waals surface area (Å²) in [7, 11) is 0. The predicted molar refractivity (Wildman–Crippen MR) is 64.4 cm³/mol. The fourth-order valence-corrected chi connectivity index (χ4v) is 1.39. The van der Waals surface area contributed by atoms with Crippen molar-refractivity contribution in [1.29, 1.82) is 5.26 Å². The van der Waals surface area contributed by atoms with Crippen molar-refractivity contribution in [3.05, 3.63) is 0 Å². The van der Waals surface area contributed by atoms with Gasteiger partial charge in [0, 0.05) is 13.1 Å². The Hall–Kier alpha value is -0.590. The van der Waals surface area contributed by atoms with Gasteiger partial charge >= 0.3 is 0 Å². The molecule has 0 saturated heterocycles. The van der Waals surface area contributed by atoms with E-state index in [4.69, 9.17) is 11.0 Å². The highest BCUT2D eigenvalue weighted by Crippen LogP contribution is 2.08. The molecule has 0 bridgehead atoms. The summed E-state index contributed by atoms with van der Waals surface area (Å²) in [5.41, 5.74) is 5.12. The van der Waals surface area contributed by atoms with Crippen LogP contribution in [0.4, 0.5) is 0 Å². The maximum absolute atomic E-state index is 8.81. The van der Waals surface area contributed by atoms with Crippen LogP contribution in [0.2, 0.25) is 0 Å². The number of hydrogen-bond donors (Lipinski definition) is 1. The fourth-order valence-electron chi connectivity index (χ4n) is 1.39. The predicted octanol–water partition coefficient (Wildman–Crippen LogP) is 1.99. The second kappa shape index (κ2) is 6.81. The highest BCUT2D eigenvalue weighted by Gasteiger charge is 2.18. The first-order valence-corrected chi connectivity index (χ1v) is 5.87. The van der Waals surface area contributed by atoms with Gasteiger partial charge in [-0.1, -0.05) is 27.2 Å². The average molecular weight is 211 g/mol. The van der Waals surface area contributed by atoms with E-state index in [1.807, 2.05) is 0 Å². The van der Waals surface area contributed by atoms with Crippen LogP contribution in [-0.2, 0) is 0 Å². The summed E-state index contributed by atoms with van der Waals surface area (Å²) in [4.78, 5) is 2.37. The first-order chi connectivity index (χ1) is 6.95. The molecular formula is C12H25N3. The fraction of sp³-hybridized carbons (Fsp3) is 0.917. The van der Waals surface area contributed by atoms with E-state index in [1.54, 1.807) is 6.92 Å². The summed E-state index contributed by atoms with van der Waals surface area (Å²) < 4.78 is 0. The third-order valence-corrected chi connectivity index (χ3v) is 2.92. The van der Waals surface area contributed by atoms with E-state index in [0.717, 1.165) is 32.0 Å². The maximum Gasteiger partial charge on any atom is 0.102 e. The van der Waals surface area contributed by atoms with Gasteiger partial charge in [0.1, 0.15) is 5.54 Å². The number of nitrogens with two attached hydrogens (primary N) is 1. The first kappa shape index (κ1) is 14.4. The Morgan fingerprint density at radius 1 is 1.47 bits per heavy atom. The maximum atomic E-state index is 8.81. The Bertz CT molecular complexity index is 205. The highest BCUT2D eigenvalue weighted by molar-refractivity contribution is 5.01. The van der Waals surface area contributed by atoms with E-state index in [2.05, 4.69) is 31.7 Å². The SMILES string of the molecule is CCC(C)CN(CC)CCC(C)(N)C#N. The van der Waals surface area contributed by atoms with E-state index in [-0.39, 0.29) is 0 Å². The topological polar surface area (TPSA) is 53.0 Å². The van der Waals surface area contributed by atoms with Crippen molar-refractivity contribution in [3.63, 3.8) is 0 Å². The summed E-state index contributed by atoms with van der Waals surface area (Å²) in [5.74, 6) is 0.719. The van der Waals surface area contributed by atoms with E-state index in [0.29, 0.717) is 0 Å².